The lowest BCUT2D eigenvalue weighted by Gasteiger charge is -2.37. The molecule has 2 fully saturated rings. The highest BCUT2D eigenvalue weighted by molar-refractivity contribution is 5.67. The van der Waals surface area contributed by atoms with Crippen molar-refractivity contribution in [3.8, 4) is 0 Å². The van der Waals surface area contributed by atoms with Crippen LogP contribution in [0.3, 0.4) is 0 Å². The Hall–Kier alpha value is -0.610. The molecule has 4 nitrogen and oxygen atoms in total. The molecule has 0 aromatic rings. The summed E-state index contributed by atoms with van der Waals surface area (Å²) in [6, 6.07) is 0.800. The standard InChI is InChI=1S/C13H23NO3/c1-17-12-6-2-4-10(8-12)14-7-3-5-11(14)9-13(15)16/h10-12H,2-9H2,1H3,(H,15,16). The summed E-state index contributed by atoms with van der Waals surface area (Å²) in [6.45, 7) is 1.07. The second kappa shape index (κ2) is 5.83. The largest absolute Gasteiger partial charge is 0.481 e. The Bertz CT molecular complexity index is 269. The van der Waals surface area contributed by atoms with Crippen molar-refractivity contribution < 1.29 is 14.6 Å². The van der Waals surface area contributed by atoms with Crippen LogP contribution in [0, 0.1) is 0 Å². The van der Waals surface area contributed by atoms with Crippen molar-refractivity contribution in [2.24, 2.45) is 0 Å². The number of likely N-dealkylation sites (tertiary alicyclic amines) is 1. The molecule has 3 unspecified atom stereocenters. The average Bonchev–Trinajstić information content (AvgIpc) is 2.76. The summed E-state index contributed by atoms with van der Waals surface area (Å²) in [5, 5.41) is 8.94. The minimum atomic E-state index is -0.666. The third kappa shape index (κ3) is 3.19. The van der Waals surface area contributed by atoms with Crippen LogP contribution in [0.4, 0.5) is 0 Å². The van der Waals surface area contributed by atoms with E-state index in [4.69, 9.17) is 9.84 Å². The van der Waals surface area contributed by atoms with Gasteiger partial charge in [0.1, 0.15) is 0 Å². The first kappa shape index (κ1) is 12.8. The molecule has 1 heterocycles. The molecule has 1 aliphatic heterocycles. The van der Waals surface area contributed by atoms with Crippen molar-refractivity contribution in [1.29, 1.82) is 0 Å². The fourth-order valence-electron chi connectivity index (χ4n) is 3.40. The van der Waals surface area contributed by atoms with E-state index in [0.717, 1.165) is 32.2 Å². The van der Waals surface area contributed by atoms with Gasteiger partial charge in [-0.3, -0.25) is 9.69 Å². The fraction of sp³-hybridized carbons (Fsp3) is 0.923. The second-order valence-electron chi connectivity index (χ2n) is 5.31. The number of nitrogens with zero attached hydrogens (tertiary/aromatic N) is 1. The molecule has 1 saturated carbocycles. The van der Waals surface area contributed by atoms with Gasteiger partial charge in [0.25, 0.3) is 0 Å². The zero-order chi connectivity index (χ0) is 12.3. The first-order chi connectivity index (χ1) is 8.20. The summed E-state index contributed by atoms with van der Waals surface area (Å²) < 4.78 is 5.45. The van der Waals surface area contributed by atoms with Gasteiger partial charge in [0, 0.05) is 19.2 Å². The Kier molecular flexibility index (Phi) is 4.40. The molecule has 1 aliphatic carbocycles. The monoisotopic (exact) mass is 241 g/mol. The molecule has 0 aromatic heterocycles. The van der Waals surface area contributed by atoms with Crippen LogP contribution in [0.1, 0.15) is 44.9 Å². The minimum absolute atomic E-state index is 0.258. The molecule has 0 radical (unpaired) electrons. The Labute approximate surface area is 103 Å². The van der Waals surface area contributed by atoms with E-state index < -0.39 is 5.97 Å². The maximum atomic E-state index is 10.9. The lowest BCUT2D eigenvalue weighted by Crippen LogP contribution is -2.44. The van der Waals surface area contributed by atoms with Crippen molar-refractivity contribution in [2.45, 2.75) is 63.1 Å². The molecular formula is C13H23NO3. The van der Waals surface area contributed by atoms with Crippen LogP contribution in [-0.4, -0.2) is 47.8 Å². The minimum Gasteiger partial charge on any atom is -0.481 e. The third-order valence-corrected chi connectivity index (χ3v) is 4.23. The van der Waals surface area contributed by atoms with Crippen molar-refractivity contribution in [3.05, 3.63) is 0 Å². The van der Waals surface area contributed by atoms with E-state index in [1.54, 1.807) is 7.11 Å². The van der Waals surface area contributed by atoms with E-state index in [-0.39, 0.29) is 6.04 Å². The maximum Gasteiger partial charge on any atom is 0.304 e. The normalized spacial score (nSPS) is 35.0. The maximum absolute atomic E-state index is 10.9. The molecule has 2 aliphatic rings. The van der Waals surface area contributed by atoms with Gasteiger partial charge in [-0.15, -0.1) is 0 Å². The number of ether oxygens (including phenoxy) is 1. The zero-order valence-corrected chi connectivity index (χ0v) is 10.6. The number of hydrogen-bond acceptors (Lipinski definition) is 3. The Morgan fingerprint density at radius 1 is 1.35 bits per heavy atom. The number of methoxy groups -OCH3 is 1. The number of aliphatic carboxylic acids is 1. The summed E-state index contributed by atoms with van der Waals surface area (Å²) >= 11 is 0. The first-order valence-corrected chi connectivity index (χ1v) is 6.71. The lowest BCUT2D eigenvalue weighted by atomic mass is 9.91. The van der Waals surface area contributed by atoms with Crippen LogP contribution < -0.4 is 0 Å². The fourth-order valence-corrected chi connectivity index (χ4v) is 3.40. The van der Waals surface area contributed by atoms with E-state index in [1.807, 2.05) is 0 Å². The van der Waals surface area contributed by atoms with Gasteiger partial charge in [0.15, 0.2) is 0 Å². The summed E-state index contributed by atoms with van der Waals surface area (Å²) in [5.74, 6) is -0.666. The number of carboxylic acids is 1. The summed E-state index contributed by atoms with van der Waals surface area (Å²) in [4.78, 5) is 13.3. The van der Waals surface area contributed by atoms with Crippen molar-refractivity contribution >= 4 is 5.97 Å². The van der Waals surface area contributed by atoms with Gasteiger partial charge >= 0.3 is 5.97 Å². The number of carboxylic acid groups (broad SMARTS) is 1. The SMILES string of the molecule is COC1CCCC(N2CCCC2CC(=O)O)C1. The molecule has 3 atom stereocenters. The molecular weight excluding hydrogens is 218 g/mol. The topological polar surface area (TPSA) is 49.8 Å². The van der Waals surface area contributed by atoms with Gasteiger partial charge < -0.3 is 9.84 Å². The Morgan fingerprint density at radius 3 is 2.88 bits per heavy atom. The van der Waals surface area contributed by atoms with Crippen LogP contribution in [0.5, 0.6) is 0 Å². The van der Waals surface area contributed by atoms with Gasteiger partial charge in [0.2, 0.25) is 0 Å². The number of carbonyl (C=O) groups is 1. The molecule has 0 amide bonds. The van der Waals surface area contributed by atoms with Gasteiger partial charge in [-0.2, -0.15) is 0 Å². The van der Waals surface area contributed by atoms with Gasteiger partial charge in [-0.05, 0) is 45.1 Å². The third-order valence-electron chi connectivity index (χ3n) is 4.23. The van der Waals surface area contributed by atoms with E-state index in [9.17, 15) is 4.79 Å². The summed E-state index contributed by atoms with van der Waals surface area (Å²) in [7, 11) is 1.78. The molecule has 0 aromatic carbocycles. The van der Waals surface area contributed by atoms with Crippen LogP contribution in [-0.2, 0) is 9.53 Å². The second-order valence-corrected chi connectivity index (χ2v) is 5.31. The van der Waals surface area contributed by atoms with Crippen molar-refractivity contribution in [2.75, 3.05) is 13.7 Å². The van der Waals surface area contributed by atoms with E-state index >= 15 is 0 Å². The van der Waals surface area contributed by atoms with Gasteiger partial charge in [-0.1, -0.05) is 0 Å². The first-order valence-electron chi connectivity index (χ1n) is 6.71. The summed E-state index contributed by atoms with van der Waals surface area (Å²) in [6.07, 6.45) is 7.51. The Morgan fingerprint density at radius 2 is 2.18 bits per heavy atom. The number of rotatable bonds is 4. The highest BCUT2D eigenvalue weighted by atomic mass is 16.5. The van der Waals surface area contributed by atoms with Crippen molar-refractivity contribution in [3.63, 3.8) is 0 Å². The predicted molar refractivity (Wildman–Crippen MR) is 65.0 cm³/mol. The van der Waals surface area contributed by atoms with Crippen LogP contribution in [0.25, 0.3) is 0 Å². The molecule has 17 heavy (non-hydrogen) atoms. The Balaban J connectivity index is 1.93. The molecule has 98 valence electrons. The average molecular weight is 241 g/mol. The molecule has 0 bridgehead atoms. The van der Waals surface area contributed by atoms with Crippen LogP contribution >= 0.6 is 0 Å². The van der Waals surface area contributed by atoms with Crippen molar-refractivity contribution in [1.82, 2.24) is 4.90 Å². The number of hydrogen-bond donors (Lipinski definition) is 1. The molecule has 4 heteroatoms. The van der Waals surface area contributed by atoms with Gasteiger partial charge in [0.05, 0.1) is 12.5 Å². The highest BCUT2D eigenvalue weighted by Gasteiger charge is 2.34. The lowest BCUT2D eigenvalue weighted by molar-refractivity contribution is -0.138. The van der Waals surface area contributed by atoms with E-state index in [2.05, 4.69) is 4.90 Å². The smallest absolute Gasteiger partial charge is 0.304 e. The molecule has 2 rings (SSSR count). The van der Waals surface area contributed by atoms with E-state index in [1.165, 1.54) is 12.8 Å². The summed E-state index contributed by atoms with van der Waals surface area (Å²) in [5.41, 5.74) is 0. The molecule has 1 N–H and O–H groups in total. The molecule has 1 saturated heterocycles. The van der Waals surface area contributed by atoms with E-state index in [0.29, 0.717) is 18.6 Å². The highest BCUT2D eigenvalue weighted by Crippen LogP contribution is 2.31. The van der Waals surface area contributed by atoms with Crippen LogP contribution in [0.2, 0.25) is 0 Å². The quantitative estimate of drug-likeness (QED) is 0.816. The van der Waals surface area contributed by atoms with Crippen LogP contribution in [0.15, 0.2) is 0 Å². The predicted octanol–water partition coefficient (Wildman–Crippen LogP) is 1.88. The zero-order valence-electron chi connectivity index (χ0n) is 10.6. The van der Waals surface area contributed by atoms with Gasteiger partial charge in [-0.25, -0.2) is 0 Å². The molecule has 0 spiro atoms.